The average molecular weight is 418 g/mol. The van der Waals surface area contributed by atoms with Gasteiger partial charge in [0.2, 0.25) is 5.91 Å². The predicted molar refractivity (Wildman–Crippen MR) is 118 cm³/mol. The number of carbonyl (C=O) groups excluding carboxylic acids is 2. The Morgan fingerprint density at radius 1 is 1.10 bits per heavy atom. The lowest BCUT2D eigenvalue weighted by Crippen LogP contribution is -2.53. The summed E-state index contributed by atoms with van der Waals surface area (Å²) in [6.07, 6.45) is 1.85. The van der Waals surface area contributed by atoms with Gasteiger partial charge in [-0.1, -0.05) is 59.8 Å². The second-order valence-corrected chi connectivity index (χ2v) is 8.37. The summed E-state index contributed by atoms with van der Waals surface area (Å²) in [5, 5.41) is 3.90. The minimum Gasteiger partial charge on any atom is -0.369 e. The highest BCUT2D eigenvalue weighted by Gasteiger charge is 2.43. The molecule has 1 saturated heterocycles. The highest BCUT2D eigenvalue weighted by molar-refractivity contribution is 5.96. The topological polar surface area (TPSA) is 89.4 Å². The highest BCUT2D eigenvalue weighted by atomic mass is 16.5. The maximum absolute atomic E-state index is 13.2. The van der Waals surface area contributed by atoms with Crippen molar-refractivity contribution in [2.24, 2.45) is 11.1 Å². The van der Waals surface area contributed by atoms with E-state index in [0.29, 0.717) is 42.8 Å². The van der Waals surface area contributed by atoms with E-state index in [0.717, 1.165) is 16.7 Å². The Labute approximate surface area is 182 Å². The fourth-order valence-corrected chi connectivity index (χ4v) is 4.62. The lowest BCUT2D eigenvalue weighted by Gasteiger charge is -2.41. The molecule has 31 heavy (non-hydrogen) atoms. The summed E-state index contributed by atoms with van der Waals surface area (Å²) < 4.78 is 5.18. The van der Waals surface area contributed by atoms with Gasteiger partial charge < -0.3 is 15.2 Å². The normalized spacial score (nSPS) is 18.7. The number of aromatic nitrogens is 1. The molecule has 6 heteroatoms. The van der Waals surface area contributed by atoms with Crippen LogP contribution in [0.15, 0.2) is 59.1 Å². The first-order chi connectivity index (χ1) is 14.9. The van der Waals surface area contributed by atoms with Crippen molar-refractivity contribution in [3.63, 3.8) is 0 Å². The molecule has 1 aromatic heterocycles. The number of carbonyl (C=O) groups is 2. The van der Waals surface area contributed by atoms with Gasteiger partial charge in [-0.3, -0.25) is 9.59 Å². The third-order valence-corrected chi connectivity index (χ3v) is 6.27. The van der Waals surface area contributed by atoms with Crippen LogP contribution in [-0.2, 0) is 11.2 Å². The lowest BCUT2D eigenvalue weighted by molar-refractivity contribution is -0.130. The molecule has 2 heterocycles. The van der Waals surface area contributed by atoms with E-state index < -0.39 is 5.41 Å². The van der Waals surface area contributed by atoms with E-state index in [-0.39, 0.29) is 18.4 Å². The standard InChI is InChI=1S/C25H27N3O3/c1-17-22(18(2)31-27-17)23(29)28-14-8-13-25(16-28,24(26)30)15-20-11-6-7-12-21(20)19-9-4-3-5-10-19/h3-7,9-12H,8,13-16H2,1-2H3,(H2,26,30). The van der Waals surface area contributed by atoms with Crippen LogP contribution in [0.2, 0.25) is 0 Å². The summed E-state index contributed by atoms with van der Waals surface area (Å²) in [6.45, 7) is 4.35. The first-order valence-electron chi connectivity index (χ1n) is 10.6. The molecule has 2 amide bonds. The number of primary amides is 1. The Bertz CT molecular complexity index is 1090. The third kappa shape index (κ3) is 3.98. The van der Waals surface area contributed by atoms with Gasteiger partial charge in [-0.25, -0.2) is 0 Å². The Morgan fingerprint density at radius 3 is 2.48 bits per heavy atom. The van der Waals surface area contributed by atoms with Gasteiger partial charge in [-0.05, 0) is 49.8 Å². The molecule has 0 bridgehead atoms. The van der Waals surface area contributed by atoms with Crippen LogP contribution in [-0.4, -0.2) is 35.0 Å². The molecular formula is C25H27N3O3. The minimum atomic E-state index is -0.822. The predicted octanol–water partition coefficient (Wildman–Crippen LogP) is 3.91. The number of nitrogens with zero attached hydrogens (tertiary/aromatic N) is 2. The number of piperidine rings is 1. The smallest absolute Gasteiger partial charge is 0.259 e. The molecule has 6 nitrogen and oxygen atoms in total. The van der Waals surface area contributed by atoms with Crippen LogP contribution < -0.4 is 5.73 Å². The van der Waals surface area contributed by atoms with Crippen LogP contribution in [0.25, 0.3) is 11.1 Å². The van der Waals surface area contributed by atoms with Gasteiger partial charge in [0.05, 0.1) is 11.1 Å². The molecule has 0 saturated carbocycles. The molecule has 0 aliphatic carbocycles. The van der Waals surface area contributed by atoms with E-state index in [1.54, 1.807) is 18.7 Å². The monoisotopic (exact) mass is 417 g/mol. The first-order valence-corrected chi connectivity index (χ1v) is 10.6. The van der Waals surface area contributed by atoms with Crippen LogP contribution >= 0.6 is 0 Å². The quantitative estimate of drug-likeness (QED) is 0.682. The fourth-order valence-electron chi connectivity index (χ4n) is 4.62. The van der Waals surface area contributed by atoms with Crippen LogP contribution in [0, 0.1) is 19.3 Å². The Balaban J connectivity index is 1.66. The first kappa shape index (κ1) is 20.8. The molecule has 4 rings (SSSR count). The molecule has 160 valence electrons. The summed E-state index contributed by atoms with van der Waals surface area (Å²) in [6, 6.07) is 18.2. The molecule has 1 aliphatic heterocycles. The van der Waals surface area contributed by atoms with Crippen molar-refractivity contribution in [3.05, 3.63) is 77.2 Å². The van der Waals surface area contributed by atoms with E-state index >= 15 is 0 Å². The van der Waals surface area contributed by atoms with Gasteiger partial charge in [0.15, 0.2) is 0 Å². The van der Waals surface area contributed by atoms with Crippen molar-refractivity contribution in [2.45, 2.75) is 33.1 Å². The summed E-state index contributed by atoms with van der Waals surface area (Å²) in [5.74, 6) is -0.0308. The van der Waals surface area contributed by atoms with Gasteiger partial charge in [0, 0.05) is 13.1 Å². The van der Waals surface area contributed by atoms with Crippen LogP contribution in [0.3, 0.4) is 0 Å². The molecular weight excluding hydrogens is 390 g/mol. The highest BCUT2D eigenvalue weighted by Crippen LogP contribution is 2.37. The van der Waals surface area contributed by atoms with Gasteiger partial charge >= 0.3 is 0 Å². The van der Waals surface area contributed by atoms with Gasteiger partial charge in [-0.15, -0.1) is 0 Å². The van der Waals surface area contributed by atoms with Gasteiger partial charge in [0.25, 0.3) is 5.91 Å². The summed E-state index contributed by atoms with van der Waals surface area (Å²) in [4.78, 5) is 27.7. The summed E-state index contributed by atoms with van der Waals surface area (Å²) in [5.41, 5.74) is 9.42. The SMILES string of the molecule is Cc1noc(C)c1C(=O)N1CCCC(Cc2ccccc2-c2ccccc2)(C(N)=O)C1. The second kappa shape index (κ2) is 8.38. The minimum absolute atomic E-state index is 0.155. The third-order valence-electron chi connectivity index (χ3n) is 6.27. The number of aryl methyl sites for hydroxylation is 2. The van der Waals surface area contributed by atoms with E-state index in [4.69, 9.17) is 10.3 Å². The molecule has 2 N–H and O–H groups in total. The Kier molecular flexibility index (Phi) is 5.63. The number of hydrogen-bond acceptors (Lipinski definition) is 4. The number of nitrogens with two attached hydrogens (primary N) is 1. The molecule has 0 spiro atoms. The maximum Gasteiger partial charge on any atom is 0.259 e. The Hall–Kier alpha value is -3.41. The fraction of sp³-hybridized carbons (Fsp3) is 0.320. The molecule has 0 radical (unpaired) electrons. The van der Waals surface area contributed by atoms with Crippen molar-refractivity contribution in [1.82, 2.24) is 10.1 Å². The van der Waals surface area contributed by atoms with E-state index in [1.807, 2.05) is 36.4 Å². The van der Waals surface area contributed by atoms with E-state index in [1.165, 1.54) is 0 Å². The molecule has 1 aliphatic rings. The Morgan fingerprint density at radius 2 is 1.81 bits per heavy atom. The van der Waals surface area contributed by atoms with Crippen molar-refractivity contribution >= 4 is 11.8 Å². The van der Waals surface area contributed by atoms with Gasteiger partial charge in [-0.2, -0.15) is 0 Å². The molecule has 2 aromatic carbocycles. The zero-order valence-electron chi connectivity index (χ0n) is 17.9. The number of benzene rings is 2. The van der Waals surface area contributed by atoms with Gasteiger partial charge in [0.1, 0.15) is 11.3 Å². The lowest BCUT2D eigenvalue weighted by atomic mass is 9.73. The number of amides is 2. The average Bonchev–Trinajstić information content (AvgIpc) is 3.12. The van der Waals surface area contributed by atoms with Crippen LogP contribution in [0.5, 0.6) is 0 Å². The number of hydrogen-bond donors (Lipinski definition) is 1. The van der Waals surface area contributed by atoms with Crippen molar-refractivity contribution in [2.75, 3.05) is 13.1 Å². The number of rotatable bonds is 5. The summed E-state index contributed by atoms with van der Waals surface area (Å²) >= 11 is 0. The maximum atomic E-state index is 13.2. The van der Waals surface area contributed by atoms with E-state index in [2.05, 4.69) is 23.4 Å². The van der Waals surface area contributed by atoms with Crippen molar-refractivity contribution in [3.8, 4) is 11.1 Å². The zero-order valence-corrected chi connectivity index (χ0v) is 17.9. The summed E-state index contributed by atoms with van der Waals surface area (Å²) in [7, 11) is 0. The van der Waals surface area contributed by atoms with Crippen LogP contribution in [0.1, 0.15) is 40.2 Å². The molecule has 3 aromatic rings. The largest absolute Gasteiger partial charge is 0.369 e. The molecule has 1 atom stereocenters. The molecule has 1 fully saturated rings. The zero-order chi connectivity index (χ0) is 22.0. The van der Waals surface area contributed by atoms with Crippen LogP contribution in [0.4, 0.5) is 0 Å². The second-order valence-electron chi connectivity index (χ2n) is 8.37. The van der Waals surface area contributed by atoms with Crippen molar-refractivity contribution in [1.29, 1.82) is 0 Å². The number of likely N-dealkylation sites (tertiary alicyclic amines) is 1. The molecule has 1 unspecified atom stereocenters. The van der Waals surface area contributed by atoms with E-state index in [9.17, 15) is 9.59 Å². The van der Waals surface area contributed by atoms with Crippen molar-refractivity contribution < 1.29 is 14.1 Å².